The highest BCUT2D eigenvalue weighted by Gasteiger charge is 1.90. The van der Waals surface area contributed by atoms with Crippen LogP contribution < -0.4 is 0 Å². The van der Waals surface area contributed by atoms with Gasteiger partial charge in [0, 0.05) is 0 Å². The molecular weight excluding hydrogens is 96.0 g/mol. The Morgan fingerprint density at radius 1 is 1.71 bits per heavy atom. The van der Waals surface area contributed by atoms with Crippen LogP contribution in [0, 0.1) is 11.8 Å². The number of rotatable bonds is 1. The molecule has 7 heavy (non-hydrogen) atoms. The van der Waals surface area contributed by atoms with Crippen LogP contribution in [0.15, 0.2) is 0 Å². The molecule has 2 N–H and O–H groups in total. The van der Waals surface area contributed by atoms with Crippen LogP contribution in [0.5, 0.6) is 0 Å². The van der Waals surface area contributed by atoms with Crippen molar-refractivity contribution < 1.29 is 15.3 Å². The van der Waals surface area contributed by atoms with E-state index < -0.39 is 6.29 Å². The largest absolute Gasteiger partial charge is 0.356 e. The van der Waals surface area contributed by atoms with E-state index in [1.54, 1.807) is 0 Å². The molecule has 0 aromatic rings. The molecule has 0 heterocycles. The first-order chi connectivity index (χ1) is 3.31. The second kappa shape index (κ2) is 3.62. The average Bonchev–Trinajstić information content (AvgIpc) is 1.68. The Balaban J connectivity index is 3.29. The van der Waals surface area contributed by atoms with Crippen molar-refractivity contribution in [2.75, 3.05) is 0 Å². The Morgan fingerprint density at radius 2 is 2.29 bits per heavy atom. The molecule has 1 unspecified atom stereocenters. The molecular formula is C4H6O3. The number of hydrogen-bond donors (Lipinski definition) is 2. The van der Waals surface area contributed by atoms with Crippen LogP contribution in [0.3, 0.4) is 0 Å². The predicted molar refractivity (Wildman–Crippen MR) is 23.2 cm³/mol. The molecule has 0 aliphatic heterocycles. The molecule has 0 saturated heterocycles. The van der Waals surface area contributed by atoms with Crippen molar-refractivity contribution in [2.24, 2.45) is 0 Å². The molecule has 40 valence electrons. The minimum absolute atomic E-state index is 1.36. The van der Waals surface area contributed by atoms with Gasteiger partial charge >= 0.3 is 0 Å². The fraction of sp³-hybridized carbons (Fsp3) is 0.500. The summed E-state index contributed by atoms with van der Waals surface area (Å²) in [5.74, 6) is 4.46. The van der Waals surface area contributed by atoms with Gasteiger partial charge in [0.05, 0.1) is 0 Å². The van der Waals surface area contributed by atoms with Gasteiger partial charge in [-0.3, -0.25) is 0 Å². The zero-order valence-electron chi connectivity index (χ0n) is 3.88. The van der Waals surface area contributed by atoms with E-state index in [1.165, 1.54) is 6.92 Å². The van der Waals surface area contributed by atoms with Crippen molar-refractivity contribution in [2.45, 2.75) is 13.2 Å². The number of aliphatic hydroxyl groups is 1. The zero-order valence-corrected chi connectivity index (χ0v) is 3.88. The standard InChI is InChI=1S/C4H6O3/c1-2-3-4(5)7-6/h4-6H,1H3. The smallest absolute Gasteiger partial charge is 0.251 e. The highest BCUT2D eigenvalue weighted by molar-refractivity contribution is 4.97. The zero-order chi connectivity index (χ0) is 5.70. The van der Waals surface area contributed by atoms with Crippen LogP contribution in [0.2, 0.25) is 0 Å². The molecule has 0 radical (unpaired) electrons. The summed E-state index contributed by atoms with van der Waals surface area (Å²) in [5.41, 5.74) is 0. The minimum atomic E-state index is -1.36. The van der Waals surface area contributed by atoms with Gasteiger partial charge in [-0.25, -0.2) is 5.26 Å². The molecule has 0 rings (SSSR count). The normalized spacial score (nSPS) is 11.9. The van der Waals surface area contributed by atoms with Gasteiger partial charge in [0.25, 0.3) is 6.29 Å². The van der Waals surface area contributed by atoms with E-state index in [9.17, 15) is 0 Å². The van der Waals surface area contributed by atoms with Gasteiger partial charge in [-0.05, 0) is 12.8 Å². The fourth-order valence-corrected chi connectivity index (χ4v) is 0.150. The third-order valence-electron chi connectivity index (χ3n) is 0.368. The van der Waals surface area contributed by atoms with Gasteiger partial charge in [-0.15, -0.1) is 5.92 Å². The van der Waals surface area contributed by atoms with E-state index in [2.05, 4.69) is 16.7 Å². The summed E-state index contributed by atoms with van der Waals surface area (Å²) < 4.78 is 0. The van der Waals surface area contributed by atoms with E-state index >= 15 is 0 Å². The maximum absolute atomic E-state index is 8.21. The molecule has 0 bridgehead atoms. The van der Waals surface area contributed by atoms with Crippen molar-refractivity contribution in [1.29, 1.82) is 0 Å². The third kappa shape index (κ3) is 3.27. The summed E-state index contributed by atoms with van der Waals surface area (Å²) in [5, 5.41) is 15.8. The van der Waals surface area contributed by atoms with Gasteiger partial charge in [0.15, 0.2) is 0 Å². The van der Waals surface area contributed by atoms with E-state index in [0.717, 1.165) is 0 Å². The Hall–Kier alpha value is -0.560. The summed E-state index contributed by atoms with van der Waals surface area (Å²) in [6, 6.07) is 0. The van der Waals surface area contributed by atoms with Gasteiger partial charge in [-0.2, -0.15) is 4.89 Å². The molecule has 3 heteroatoms. The van der Waals surface area contributed by atoms with Crippen LogP contribution in [-0.2, 0) is 4.89 Å². The molecule has 0 saturated carbocycles. The topological polar surface area (TPSA) is 49.7 Å². The highest BCUT2D eigenvalue weighted by atomic mass is 17.1. The summed E-state index contributed by atoms with van der Waals surface area (Å²) >= 11 is 0. The number of hydrogen-bond acceptors (Lipinski definition) is 3. The molecule has 0 amide bonds. The third-order valence-corrected chi connectivity index (χ3v) is 0.368. The van der Waals surface area contributed by atoms with Crippen LogP contribution in [0.1, 0.15) is 6.92 Å². The van der Waals surface area contributed by atoms with Crippen LogP contribution in [0.4, 0.5) is 0 Å². The lowest BCUT2D eigenvalue weighted by atomic mass is 10.6. The van der Waals surface area contributed by atoms with Gasteiger partial charge < -0.3 is 5.11 Å². The summed E-state index contributed by atoms with van der Waals surface area (Å²) in [7, 11) is 0. The van der Waals surface area contributed by atoms with Crippen molar-refractivity contribution in [3.63, 3.8) is 0 Å². The van der Waals surface area contributed by atoms with Crippen LogP contribution in [0.25, 0.3) is 0 Å². The molecule has 0 aromatic heterocycles. The van der Waals surface area contributed by atoms with Crippen molar-refractivity contribution in [3.8, 4) is 11.8 Å². The molecule has 0 spiro atoms. The monoisotopic (exact) mass is 102 g/mol. The first-order valence-corrected chi connectivity index (χ1v) is 1.72. The minimum Gasteiger partial charge on any atom is -0.356 e. The first kappa shape index (κ1) is 6.44. The lowest BCUT2D eigenvalue weighted by molar-refractivity contribution is -0.313. The Kier molecular flexibility index (Phi) is 3.33. The second-order valence-corrected chi connectivity index (χ2v) is 0.852. The summed E-state index contributed by atoms with van der Waals surface area (Å²) in [4.78, 5) is 3.37. The Bertz CT molecular complexity index is 88.8. The van der Waals surface area contributed by atoms with Crippen molar-refractivity contribution in [1.82, 2.24) is 0 Å². The first-order valence-electron chi connectivity index (χ1n) is 1.72. The molecule has 0 aromatic carbocycles. The summed E-state index contributed by atoms with van der Waals surface area (Å²) in [6.07, 6.45) is -1.36. The summed E-state index contributed by atoms with van der Waals surface area (Å²) in [6.45, 7) is 1.53. The van der Waals surface area contributed by atoms with Crippen LogP contribution in [-0.4, -0.2) is 16.7 Å². The Morgan fingerprint density at radius 3 is 2.43 bits per heavy atom. The fourth-order valence-electron chi connectivity index (χ4n) is 0.150. The highest BCUT2D eigenvalue weighted by Crippen LogP contribution is 1.74. The van der Waals surface area contributed by atoms with Gasteiger partial charge in [0.2, 0.25) is 0 Å². The van der Waals surface area contributed by atoms with E-state index in [4.69, 9.17) is 10.4 Å². The maximum Gasteiger partial charge on any atom is 0.251 e. The van der Waals surface area contributed by atoms with Crippen molar-refractivity contribution in [3.05, 3.63) is 0 Å². The van der Waals surface area contributed by atoms with Crippen molar-refractivity contribution >= 4 is 0 Å². The second-order valence-electron chi connectivity index (χ2n) is 0.852. The van der Waals surface area contributed by atoms with E-state index in [0.29, 0.717) is 0 Å². The Labute approximate surface area is 41.5 Å². The van der Waals surface area contributed by atoms with E-state index in [-0.39, 0.29) is 0 Å². The molecule has 3 nitrogen and oxygen atoms in total. The molecule has 0 aliphatic rings. The average molecular weight is 102 g/mol. The van der Waals surface area contributed by atoms with E-state index in [1.807, 2.05) is 0 Å². The van der Waals surface area contributed by atoms with Gasteiger partial charge in [0.1, 0.15) is 0 Å². The molecule has 1 atom stereocenters. The number of aliphatic hydroxyl groups excluding tert-OH is 1. The lowest BCUT2D eigenvalue weighted by Crippen LogP contribution is -2.04. The quantitative estimate of drug-likeness (QED) is 0.209. The predicted octanol–water partition coefficient (Wildman–Crippen LogP) is -0.182. The maximum atomic E-state index is 8.21. The SMILES string of the molecule is CC#CC(O)OO. The molecule has 0 fully saturated rings. The van der Waals surface area contributed by atoms with Gasteiger partial charge in [-0.1, -0.05) is 0 Å². The molecule has 0 aliphatic carbocycles. The lowest BCUT2D eigenvalue weighted by Gasteiger charge is -1.91. The van der Waals surface area contributed by atoms with Crippen LogP contribution >= 0.6 is 0 Å².